The van der Waals surface area contributed by atoms with E-state index in [1.807, 2.05) is 41.5 Å². The zero-order chi connectivity index (χ0) is 14.6. The molecule has 0 aromatic carbocycles. The van der Waals surface area contributed by atoms with Crippen LogP contribution in [0.15, 0.2) is 12.7 Å². The Bertz CT molecular complexity index is 219. The van der Waals surface area contributed by atoms with Crippen LogP contribution in [-0.2, 0) is 4.74 Å². The molecule has 1 fully saturated rings. The summed E-state index contributed by atoms with van der Waals surface area (Å²) in [4.78, 5) is 13.2. The zero-order valence-electron chi connectivity index (χ0n) is 13.4. The fraction of sp³-hybridized carbons (Fsp3) is 0.786. The summed E-state index contributed by atoms with van der Waals surface area (Å²) < 4.78 is 5.24. The van der Waals surface area contributed by atoms with Crippen molar-refractivity contribution in [3.05, 3.63) is 12.7 Å². The third-order valence-corrected chi connectivity index (χ3v) is 1.77. The second kappa shape index (κ2) is 13.4. The van der Waals surface area contributed by atoms with E-state index >= 15 is 0 Å². The van der Waals surface area contributed by atoms with Gasteiger partial charge in [0.25, 0.3) is 0 Å². The van der Waals surface area contributed by atoms with Crippen molar-refractivity contribution >= 4 is 6.09 Å². The van der Waals surface area contributed by atoms with Crippen LogP contribution in [0.3, 0.4) is 0 Å². The van der Waals surface area contributed by atoms with Gasteiger partial charge in [0.15, 0.2) is 0 Å². The lowest BCUT2D eigenvalue weighted by Gasteiger charge is -2.30. The van der Waals surface area contributed by atoms with E-state index in [9.17, 15) is 4.79 Å². The van der Waals surface area contributed by atoms with E-state index in [-0.39, 0.29) is 17.2 Å². The Morgan fingerprint density at radius 2 is 1.63 bits per heavy atom. The molecule has 0 saturated carbocycles. The molecule has 0 aromatic heterocycles. The maximum Gasteiger partial charge on any atom is 0.410 e. The Hall–Kier alpha value is -1.07. The molecular formula is C14H32N2O3. The summed E-state index contributed by atoms with van der Waals surface area (Å²) in [5.41, 5.74) is -0.387. The molecular weight excluding hydrogens is 244 g/mol. The van der Waals surface area contributed by atoms with Gasteiger partial charge in [-0.2, -0.15) is 0 Å². The first kappa shape index (κ1) is 23.1. The summed E-state index contributed by atoms with van der Waals surface area (Å²) in [5.74, 6) is 0. The minimum atomic E-state index is -0.387. The monoisotopic (exact) mass is 276 g/mol. The highest BCUT2D eigenvalue weighted by atomic mass is 16.6. The van der Waals surface area contributed by atoms with Crippen molar-refractivity contribution in [1.82, 2.24) is 10.2 Å². The molecule has 1 aliphatic rings. The number of amides is 1. The van der Waals surface area contributed by atoms with Gasteiger partial charge in [0.1, 0.15) is 5.60 Å². The van der Waals surface area contributed by atoms with E-state index in [0.29, 0.717) is 0 Å². The Morgan fingerprint density at radius 3 is 1.95 bits per heavy atom. The fourth-order valence-electron chi connectivity index (χ4n) is 1.17. The summed E-state index contributed by atoms with van der Waals surface area (Å²) in [6.07, 6.45) is 1.55. The van der Waals surface area contributed by atoms with Crippen molar-refractivity contribution in [3.63, 3.8) is 0 Å². The molecule has 5 nitrogen and oxygen atoms in total. The Morgan fingerprint density at radius 1 is 1.26 bits per heavy atom. The highest BCUT2D eigenvalue weighted by Gasteiger charge is 2.22. The first-order valence-corrected chi connectivity index (χ1v) is 6.66. The van der Waals surface area contributed by atoms with Crippen LogP contribution in [0.1, 0.15) is 41.5 Å². The first-order chi connectivity index (χ1) is 8.40. The highest BCUT2D eigenvalue weighted by molar-refractivity contribution is 5.68. The predicted molar refractivity (Wildman–Crippen MR) is 81.5 cm³/mol. The third-order valence-electron chi connectivity index (χ3n) is 1.77. The minimum absolute atomic E-state index is 0. The van der Waals surface area contributed by atoms with E-state index in [4.69, 9.17) is 4.74 Å². The predicted octanol–water partition coefficient (Wildman–Crippen LogP) is 2.22. The third kappa shape index (κ3) is 14.9. The topological polar surface area (TPSA) is 73.1 Å². The van der Waals surface area contributed by atoms with Crippen LogP contribution >= 0.6 is 0 Å². The first-order valence-electron chi connectivity index (χ1n) is 6.66. The molecule has 116 valence electrons. The van der Waals surface area contributed by atoms with Gasteiger partial charge in [0, 0.05) is 26.2 Å². The summed E-state index contributed by atoms with van der Waals surface area (Å²) >= 11 is 0. The molecule has 0 atom stereocenters. The van der Waals surface area contributed by atoms with E-state index < -0.39 is 0 Å². The van der Waals surface area contributed by atoms with E-state index in [0.717, 1.165) is 26.2 Å². The van der Waals surface area contributed by atoms with Gasteiger partial charge in [0.05, 0.1) is 0 Å². The molecule has 3 N–H and O–H groups in total. The summed E-state index contributed by atoms with van der Waals surface area (Å²) in [5, 5.41) is 3.18. The van der Waals surface area contributed by atoms with Gasteiger partial charge in [-0.05, 0) is 27.7 Å². The molecule has 0 unspecified atom stereocenters. The SMILES string of the molecule is C=CC.CC.CC(C)(C)OC(=O)N1CCNCC1.O. The average Bonchev–Trinajstić information content (AvgIpc) is 2.32. The van der Waals surface area contributed by atoms with Gasteiger partial charge in [-0.25, -0.2) is 4.79 Å². The molecule has 0 spiro atoms. The maximum atomic E-state index is 11.5. The van der Waals surface area contributed by atoms with Crippen LogP contribution < -0.4 is 5.32 Å². The number of allylic oxidation sites excluding steroid dienone is 1. The van der Waals surface area contributed by atoms with Crippen LogP contribution in [0.25, 0.3) is 0 Å². The van der Waals surface area contributed by atoms with Gasteiger partial charge in [-0.3, -0.25) is 0 Å². The molecule has 1 aliphatic heterocycles. The van der Waals surface area contributed by atoms with Crippen molar-refractivity contribution in [2.24, 2.45) is 0 Å². The largest absolute Gasteiger partial charge is 0.444 e. The summed E-state index contributed by atoms with van der Waals surface area (Å²) in [6, 6.07) is 0. The van der Waals surface area contributed by atoms with Gasteiger partial charge in [0.2, 0.25) is 0 Å². The fourth-order valence-corrected chi connectivity index (χ4v) is 1.17. The molecule has 0 radical (unpaired) electrons. The second-order valence-corrected chi connectivity index (χ2v) is 4.63. The number of nitrogens with one attached hydrogen (secondary N) is 1. The number of carbonyl (C=O) groups is 1. The van der Waals surface area contributed by atoms with Crippen LogP contribution in [0, 0.1) is 0 Å². The number of ether oxygens (including phenoxy) is 1. The van der Waals surface area contributed by atoms with Gasteiger partial charge < -0.3 is 20.4 Å². The number of hydrogen-bond acceptors (Lipinski definition) is 3. The molecule has 19 heavy (non-hydrogen) atoms. The average molecular weight is 276 g/mol. The summed E-state index contributed by atoms with van der Waals surface area (Å²) in [6.45, 7) is 18.1. The summed E-state index contributed by atoms with van der Waals surface area (Å²) in [7, 11) is 0. The number of carbonyl (C=O) groups excluding carboxylic acids is 1. The normalized spacial score (nSPS) is 13.7. The molecule has 1 heterocycles. The Kier molecular flexibility index (Phi) is 16.2. The van der Waals surface area contributed by atoms with E-state index in [1.165, 1.54) is 0 Å². The van der Waals surface area contributed by atoms with Gasteiger partial charge in [-0.15, -0.1) is 6.58 Å². The van der Waals surface area contributed by atoms with Crippen molar-refractivity contribution in [2.75, 3.05) is 26.2 Å². The maximum absolute atomic E-state index is 11.5. The van der Waals surface area contributed by atoms with E-state index in [2.05, 4.69) is 11.9 Å². The zero-order valence-corrected chi connectivity index (χ0v) is 13.4. The molecule has 1 rings (SSSR count). The number of piperazine rings is 1. The lowest BCUT2D eigenvalue weighted by molar-refractivity contribution is 0.0229. The van der Waals surface area contributed by atoms with Crippen molar-refractivity contribution < 1.29 is 15.0 Å². The van der Waals surface area contributed by atoms with Crippen molar-refractivity contribution in [2.45, 2.75) is 47.1 Å². The van der Waals surface area contributed by atoms with Crippen LogP contribution in [-0.4, -0.2) is 48.2 Å². The number of rotatable bonds is 0. The quantitative estimate of drug-likeness (QED) is 0.689. The smallest absolute Gasteiger partial charge is 0.410 e. The van der Waals surface area contributed by atoms with Gasteiger partial charge in [-0.1, -0.05) is 19.9 Å². The molecule has 1 saturated heterocycles. The van der Waals surface area contributed by atoms with Gasteiger partial charge >= 0.3 is 6.09 Å². The molecule has 0 aliphatic carbocycles. The van der Waals surface area contributed by atoms with Crippen molar-refractivity contribution in [1.29, 1.82) is 0 Å². The highest BCUT2D eigenvalue weighted by Crippen LogP contribution is 2.09. The molecule has 0 bridgehead atoms. The van der Waals surface area contributed by atoms with Crippen LogP contribution in [0.5, 0.6) is 0 Å². The molecule has 0 aromatic rings. The standard InChI is InChI=1S/C9H18N2O2.C3H6.C2H6.H2O/c1-9(2,3)13-8(12)11-6-4-10-5-7-11;1-3-2;1-2;/h10H,4-7H2,1-3H3;3H,1H2,2H3;1-2H3;1H2. The van der Waals surface area contributed by atoms with E-state index in [1.54, 1.807) is 11.0 Å². The minimum Gasteiger partial charge on any atom is -0.444 e. The van der Waals surface area contributed by atoms with Crippen LogP contribution in [0.4, 0.5) is 4.79 Å². The Labute approximate surface area is 118 Å². The Balaban J connectivity index is -0.000000376. The number of nitrogens with zero attached hydrogens (tertiary/aromatic N) is 1. The molecule has 5 heteroatoms. The second-order valence-electron chi connectivity index (χ2n) is 4.63. The lowest BCUT2D eigenvalue weighted by Crippen LogP contribution is -2.48. The number of hydrogen-bond donors (Lipinski definition) is 1. The van der Waals surface area contributed by atoms with Crippen molar-refractivity contribution in [3.8, 4) is 0 Å². The molecule has 1 amide bonds. The van der Waals surface area contributed by atoms with Crippen LogP contribution in [0.2, 0.25) is 0 Å². The lowest BCUT2D eigenvalue weighted by atomic mass is 10.2.